The van der Waals surface area contributed by atoms with Crippen LogP contribution in [0.1, 0.15) is 84.5 Å². The molecule has 0 radical (unpaired) electrons. The molecule has 268 valence electrons. The van der Waals surface area contributed by atoms with Crippen LogP contribution in [0, 0.1) is 0 Å². The maximum Gasteiger partial charge on any atom is 0.306 e. The number of esters is 2. The van der Waals surface area contributed by atoms with Gasteiger partial charge >= 0.3 is 11.9 Å². The minimum absolute atomic E-state index is 0.00482. The Bertz CT molecular complexity index is 1100. The first-order valence-corrected chi connectivity index (χ1v) is 17.3. The first-order chi connectivity index (χ1) is 23.1. The summed E-state index contributed by atoms with van der Waals surface area (Å²) >= 11 is 0. The third-order valence-electron chi connectivity index (χ3n) is 6.89. The Morgan fingerprint density at radius 3 is 1.85 bits per heavy atom. The maximum atomic E-state index is 12.5. The van der Waals surface area contributed by atoms with Gasteiger partial charge in [-0.25, -0.2) is 0 Å². The molecule has 0 bridgehead atoms. The van der Waals surface area contributed by atoms with Crippen molar-refractivity contribution in [3.05, 3.63) is 97.2 Å². The Labute approximate surface area is 290 Å². The molecule has 0 spiro atoms. The van der Waals surface area contributed by atoms with Crippen LogP contribution in [0.15, 0.2) is 97.2 Å². The van der Waals surface area contributed by atoms with E-state index >= 15 is 0 Å². The van der Waals surface area contributed by atoms with E-state index in [4.69, 9.17) is 14.2 Å². The van der Waals surface area contributed by atoms with Crippen molar-refractivity contribution in [2.24, 2.45) is 0 Å². The number of hydrogen-bond donors (Lipinski definition) is 0. The van der Waals surface area contributed by atoms with Crippen molar-refractivity contribution in [3.63, 3.8) is 0 Å². The smallest absolute Gasteiger partial charge is 0.306 e. The first kappa shape index (κ1) is 44.2. The van der Waals surface area contributed by atoms with Gasteiger partial charge in [-0.1, -0.05) is 117 Å². The molecule has 48 heavy (non-hydrogen) atoms. The fourth-order valence-corrected chi connectivity index (χ4v) is 4.22. The number of unbranched alkanes of at least 4 members (excludes halogenated alkanes) is 3. The summed E-state index contributed by atoms with van der Waals surface area (Å²) in [5, 5.41) is 11.5. The van der Waals surface area contributed by atoms with Crippen molar-refractivity contribution in [2.45, 2.75) is 96.6 Å². The highest BCUT2D eigenvalue weighted by Gasteiger charge is 2.25. The number of carboxylic acid groups (broad SMARTS) is 1. The first-order valence-electron chi connectivity index (χ1n) is 17.3. The molecule has 0 aliphatic heterocycles. The van der Waals surface area contributed by atoms with Crippen molar-refractivity contribution >= 4 is 17.9 Å². The van der Waals surface area contributed by atoms with Gasteiger partial charge in [0.15, 0.2) is 6.10 Å². The number of carbonyl (C=O) groups excluding carboxylic acids is 3. The van der Waals surface area contributed by atoms with Gasteiger partial charge in [0.2, 0.25) is 0 Å². The molecule has 0 amide bonds. The van der Waals surface area contributed by atoms with Crippen LogP contribution in [0.3, 0.4) is 0 Å². The summed E-state index contributed by atoms with van der Waals surface area (Å²) in [6.07, 6.45) is 39.0. The van der Waals surface area contributed by atoms with Crippen LogP contribution < -0.4 is 5.11 Å². The zero-order chi connectivity index (χ0) is 35.7. The van der Waals surface area contributed by atoms with Crippen molar-refractivity contribution in [1.29, 1.82) is 0 Å². The molecule has 0 rings (SSSR count). The van der Waals surface area contributed by atoms with Gasteiger partial charge in [-0.3, -0.25) is 9.59 Å². The molecule has 0 aromatic carbocycles. The lowest BCUT2D eigenvalue weighted by Gasteiger charge is -2.34. The van der Waals surface area contributed by atoms with Gasteiger partial charge in [0.25, 0.3) is 0 Å². The van der Waals surface area contributed by atoms with Gasteiger partial charge in [0, 0.05) is 19.3 Å². The van der Waals surface area contributed by atoms with E-state index in [-0.39, 0.29) is 49.5 Å². The minimum Gasteiger partial charge on any atom is -0.544 e. The molecule has 8 nitrogen and oxygen atoms in total. The molecule has 0 aliphatic rings. The lowest BCUT2D eigenvalue weighted by molar-refractivity contribution is -0.889. The van der Waals surface area contributed by atoms with E-state index in [0.29, 0.717) is 12.8 Å². The van der Waals surface area contributed by atoms with Crippen LogP contribution >= 0.6 is 0 Å². The number of carboxylic acids is 1. The number of quaternary nitrogens is 1. The normalized spacial score (nSPS) is 14.3. The molecule has 0 N–H and O–H groups in total. The Balaban J connectivity index is 4.55. The number of allylic oxidation sites excluding steroid dienone is 16. The summed E-state index contributed by atoms with van der Waals surface area (Å²) in [6, 6.07) is -0.745. The second kappa shape index (κ2) is 30.6. The molecular weight excluding hydrogens is 606 g/mol. The monoisotopic (exact) mass is 667 g/mol. The predicted molar refractivity (Wildman–Crippen MR) is 194 cm³/mol. The van der Waals surface area contributed by atoms with Crippen molar-refractivity contribution in [2.75, 3.05) is 41.0 Å². The van der Waals surface area contributed by atoms with Crippen LogP contribution in [0.2, 0.25) is 0 Å². The van der Waals surface area contributed by atoms with Crippen molar-refractivity contribution < 1.29 is 38.2 Å². The largest absolute Gasteiger partial charge is 0.544 e. The lowest BCUT2D eigenvalue weighted by Crippen LogP contribution is -2.55. The number of rotatable bonds is 28. The molecular formula is C40H61NO7. The van der Waals surface area contributed by atoms with Crippen LogP contribution in [-0.2, 0) is 28.6 Å². The maximum absolute atomic E-state index is 12.5. The predicted octanol–water partition coefficient (Wildman–Crippen LogP) is 7.06. The number of hydrogen-bond acceptors (Lipinski definition) is 7. The fourth-order valence-electron chi connectivity index (χ4n) is 4.22. The summed E-state index contributed by atoms with van der Waals surface area (Å²) < 4.78 is 16.8. The summed E-state index contributed by atoms with van der Waals surface area (Å²) in [7, 11) is 5.33. The highest BCUT2D eigenvalue weighted by molar-refractivity contribution is 5.70. The van der Waals surface area contributed by atoms with E-state index in [9.17, 15) is 19.5 Å². The average Bonchev–Trinajstić information content (AvgIpc) is 3.03. The zero-order valence-electron chi connectivity index (χ0n) is 30.1. The Kier molecular flexibility index (Phi) is 28.2. The molecule has 0 fully saturated rings. The van der Waals surface area contributed by atoms with Gasteiger partial charge in [0.05, 0.1) is 40.3 Å². The summed E-state index contributed by atoms with van der Waals surface area (Å²) in [5.41, 5.74) is 0. The standard InChI is InChI=1S/C40H61NO7/c1-6-8-10-12-14-15-16-17-18-19-20-21-22-23-25-26-28-30-38(42)47-35-36(34-46-33-32-37(40(44)45)41(3,4)5)48-39(43)31-29-27-24-13-11-9-7-2/h8-12,14-22,24,27,36-37H,6-7,13,23,25-26,28-35H2,1-5H3/b10-8+,11-9+,14-12+,16-15+,18-17+,20-19+,22-21+,27-24+. The molecule has 0 heterocycles. The SMILES string of the molecule is CC/C=C/C=C/C=C/C=C/C=C/C=C/CCCCCC(=O)OCC(COCCC(C(=O)[O-])[N+](C)(C)C)OC(=O)CC/C=C/C/C=C/CC. The molecule has 0 aromatic rings. The Hall–Kier alpha value is -3.75. The zero-order valence-corrected chi connectivity index (χ0v) is 30.1. The van der Waals surface area contributed by atoms with E-state index < -0.39 is 24.1 Å². The minimum atomic E-state index is -1.15. The average molecular weight is 668 g/mol. The van der Waals surface area contributed by atoms with Crippen LogP contribution in [-0.4, -0.2) is 75.5 Å². The van der Waals surface area contributed by atoms with E-state index in [1.807, 2.05) is 72.9 Å². The van der Waals surface area contributed by atoms with Gasteiger partial charge in [-0.15, -0.1) is 0 Å². The van der Waals surface area contributed by atoms with Crippen LogP contribution in [0.25, 0.3) is 0 Å². The highest BCUT2D eigenvalue weighted by Crippen LogP contribution is 2.10. The molecule has 8 heteroatoms. The molecule has 0 aromatic heterocycles. The second-order valence-corrected chi connectivity index (χ2v) is 12.1. The van der Waals surface area contributed by atoms with Gasteiger partial charge in [-0.05, 0) is 44.9 Å². The number of ether oxygens (including phenoxy) is 3. The van der Waals surface area contributed by atoms with Gasteiger partial charge < -0.3 is 28.6 Å². The lowest BCUT2D eigenvalue weighted by atomic mass is 10.1. The van der Waals surface area contributed by atoms with E-state index in [2.05, 4.69) is 38.2 Å². The topological polar surface area (TPSA) is 102 Å². The Morgan fingerprint density at radius 2 is 1.25 bits per heavy atom. The van der Waals surface area contributed by atoms with Crippen LogP contribution in [0.4, 0.5) is 0 Å². The number of carbonyl (C=O) groups is 3. The molecule has 0 saturated carbocycles. The third kappa shape index (κ3) is 28.5. The van der Waals surface area contributed by atoms with Crippen LogP contribution in [0.5, 0.6) is 0 Å². The molecule has 2 unspecified atom stereocenters. The fraction of sp³-hybridized carbons (Fsp3) is 0.525. The second-order valence-electron chi connectivity index (χ2n) is 12.1. The summed E-state index contributed by atoms with van der Waals surface area (Å²) in [6.45, 7) is 4.20. The van der Waals surface area contributed by atoms with Gasteiger partial charge in [-0.2, -0.15) is 0 Å². The molecule has 0 saturated heterocycles. The number of aliphatic carboxylic acids is 1. The number of likely N-dealkylation sites (N-methyl/N-ethyl adjacent to an activating group) is 1. The number of nitrogens with zero attached hydrogens (tertiary/aromatic N) is 1. The third-order valence-corrected chi connectivity index (χ3v) is 6.89. The highest BCUT2D eigenvalue weighted by atomic mass is 16.6. The van der Waals surface area contributed by atoms with Gasteiger partial charge in [0.1, 0.15) is 12.6 Å². The van der Waals surface area contributed by atoms with E-state index in [1.54, 1.807) is 21.1 Å². The molecule has 0 aliphatic carbocycles. The quantitative estimate of drug-likeness (QED) is 0.0289. The van der Waals surface area contributed by atoms with E-state index in [1.165, 1.54) is 0 Å². The Morgan fingerprint density at radius 1 is 0.646 bits per heavy atom. The van der Waals surface area contributed by atoms with Crippen molar-refractivity contribution in [3.8, 4) is 0 Å². The van der Waals surface area contributed by atoms with Crippen molar-refractivity contribution in [1.82, 2.24) is 0 Å². The molecule has 2 atom stereocenters. The van der Waals surface area contributed by atoms with E-state index in [0.717, 1.165) is 38.5 Å². The summed E-state index contributed by atoms with van der Waals surface area (Å²) in [5.74, 6) is -1.91. The summed E-state index contributed by atoms with van der Waals surface area (Å²) in [4.78, 5) is 36.4.